The molecule has 0 radical (unpaired) electrons. The molecule has 0 aliphatic carbocycles. The van der Waals surface area contributed by atoms with Crippen molar-refractivity contribution in [2.45, 2.75) is 38.2 Å². The zero-order chi connectivity index (χ0) is 23.2. The predicted molar refractivity (Wildman–Crippen MR) is 113 cm³/mol. The second kappa shape index (κ2) is 7.86. The van der Waals surface area contributed by atoms with Crippen LogP contribution in [0.1, 0.15) is 25.1 Å². The fourth-order valence-corrected chi connectivity index (χ4v) is 3.88. The highest BCUT2D eigenvalue weighted by atomic mass is 19.4. The predicted octanol–water partition coefficient (Wildman–Crippen LogP) is 5.43. The quantitative estimate of drug-likeness (QED) is 0.402. The summed E-state index contributed by atoms with van der Waals surface area (Å²) >= 11 is 0. The molecule has 1 saturated heterocycles. The molecule has 33 heavy (non-hydrogen) atoms. The summed E-state index contributed by atoms with van der Waals surface area (Å²) in [7, 11) is 0. The molecule has 0 spiro atoms. The van der Waals surface area contributed by atoms with E-state index < -0.39 is 23.6 Å². The van der Waals surface area contributed by atoms with Crippen LogP contribution in [0.4, 0.5) is 13.2 Å². The van der Waals surface area contributed by atoms with Gasteiger partial charge in [0.25, 0.3) is 0 Å². The average Bonchev–Trinajstić information content (AvgIpc) is 3.21. The minimum Gasteiger partial charge on any atom is -0.476 e. The smallest absolute Gasteiger partial charge is 0.416 e. The van der Waals surface area contributed by atoms with Crippen molar-refractivity contribution in [2.24, 2.45) is 0 Å². The standard InChI is InChI=1S/C24H20F3N3O3/c1-15-31-22(32-15)23(2,33-18-6-4-3-5-7-18)20-12-13-28-21-19(14-29-30(20)21)16-8-10-17(11-9-16)24(25,26)27/h3-15,22H,1-2H3. The fourth-order valence-electron chi connectivity index (χ4n) is 3.88. The van der Waals surface area contributed by atoms with E-state index in [9.17, 15) is 13.2 Å². The van der Waals surface area contributed by atoms with Gasteiger partial charge in [-0.05, 0) is 49.7 Å². The van der Waals surface area contributed by atoms with E-state index in [1.165, 1.54) is 12.1 Å². The first-order chi connectivity index (χ1) is 15.8. The maximum atomic E-state index is 13.0. The molecule has 5 rings (SSSR count). The number of ether oxygens (including phenoxy) is 3. The van der Waals surface area contributed by atoms with Crippen LogP contribution in [0, 0.1) is 0 Å². The summed E-state index contributed by atoms with van der Waals surface area (Å²) in [5.41, 5.74) is 0.454. The first-order valence-electron chi connectivity index (χ1n) is 10.3. The van der Waals surface area contributed by atoms with Gasteiger partial charge in [-0.15, -0.1) is 0 Å². The molecule has 0 saturated carbocycles. The van der Waals surface area contributed by atoms with Crippen molar-refractivity contribution >= 4 is 5.65 Å². The number of nitrogens with zero attached hydrogens (tertiary/aromatic N) is 3. The number of hydrogen-bond donors (Lipinski definition) is 0. The van der Waals surface area contributed by atoms with Gasteiger partial charge in [0.05, 0.1) is 17.5 Å². The number of benzene rings is 2. The average molecular weight is 455 g/mol. The van der Waals surface area contributed by atoms with Crippen LogP contribution in [0.25, 0.3) is 16.8 Å². The molecule has 1 atom stereocenters. The van der Waals surface area contributed by atoms with E-state index in [4.69, 9.17) is 14.2 Å². The fraction of sp³-hybridized carbons (Fsp3) is 0.250. The van der Waals surface area contributed by atoms with E-state index in [-0.39, 0.29) is 6.29 Å². The van der Waals surface area contributed by atoms with Crippen molar-refractivity contribution in [3.8, 4) is 16.9 Å². The molecule has 4 aromatic rings. The molecule has 9 heteroatoms. The van der Waals surface area contributed by atoms with Gasteiger partial charge in [0.2, 0.25) is 6.29 Å². The maximum absolute atomic E-state index is 13.0. The number of aromatic nitrogens is 3. The largest absolute Gasteiger partial charge is 0.476 e. The van der Waals surface area contributed by atoms with Crippen LogP contribution in [-0.4, -0.2) is 27.2 Å². The zero-order valence-electron chi connectivity index (χ0n) is 17.8. The Kier molecular flexibility index (Phi) is 5.10. The van der Waals surface area contributed by atoms with Crippen LogP contribution < -0.4 is 4.74 Å². The zero-order valence-corrected chi connectivity index (χ0v) is 17.8. The molecule has 1 aliphatic heterocycles. The highest BCUT2D eigenvalue weighted by Crippen LogP contribution is 2.39. The van der Waals surface area contributed by atoms with Crippen molar-refractivity contribution < 1.29 is 27.4 Å². The first-order valence-corrected chi connectivity index (χ1v) is 10.3. The van der Waals surface area contributed by atoms with Crippen LogP contribution in [0.15, 0.2) is 73.1 Å². The Hall–Kier alpha value is -3.43. The SMILES string of the molecule is CC1OC(C(C)(Oc2ccccc2)c2ccnc3c(-c4ccc(C(F)(F)F)cc4)cnn23)O1. The van der Waals surface area contributed by atoms with Gasteiger partial charge in [-0.1, -0.05) is 30.3 Å². The van der Waals surface area contributed by atoms with Crippen LogP contribution in [0.5, 0.6) is 5.75 Å². The van der Waals surface area contributed by atoms with Gasteiger partial charge >= 0.3 is 6.18 Å². The molecule has 6 nitrogen and oxygen atoms in total. The van der Waals surface area contributed by atoms with Crippen LogP contribution in [0.2, 0.25) is 0 Å². The Labute approximate surface area is 187 Å². The van der Waals surface area contributed by atoms with E-state index in [1.807, 2.05) is 37.3 Å². The third-order valence-corrected chi connectivity index (χ3v) is 5.59. The maximum Gasteiger partial charge on any atom is 0.416 e. The van der Waals surface area contributed by atoms with Gasteiger partial charge in [-0.25, -0.2) is 9.50 Å². The first kappa shape index (κ1) is 21.4. The van der Waals surface area contributed by atoms with Crippen LogP contribution in [-0.2, 0) is 21.3 Å². The minimum atomic E-state index is -4.40. The van der Waals surface area contributed by atoms with E-state index >= 15 is 0 Å². The van der Waals surface area contributed by atoms with Gasteiger partial charge in [-0.2, -0.15) is 18.3 Å². The number of halogens is 3. The molecule has 1 fully saturated rings. The van der Waals surface area contributed by atoms with Gasteiger partial charge < -0.3 is 14.2 Å². The molecule has 3 heterocycles. The Balaban J connectivity index is 1.58. The summed E-state index contributed by atoms with van der Waals surface area (Å²) in [6.07, 6.45) is -2.29. The summed E-state index contributed by atoms with van der Waals surface area (Å²) in [5, 5.41) is 4.47. The lowest BCUT2D eigenvalue weighted by Gasteiger charge is -2.45. The lowest BCUT2D eigenvalue weighted by atomic mass is 9.99. The molecule has 2 aromatic carbocycles. The highest BCUT2D eigenvalue weighted by molar-refractivity contribution is 5.77. The lowest BCUT2D eigenvalue weighted by molar-refractivity contribution is -0.417. The molecule has 0 amide bonds. The van der Waals surface area contributed by atoms with E-state index in [2.05, 4.69) is 10.1 Å². The summed E-state index contributed by atoms with van der Waals surface area (Å²) in [6.45, 7) is 3.63. The van der Waals surface area contributed by atoms with Crippen molar-refractivity contribution in [1.29, 1.82) is 0 Å². The summed E-state index contributed by atoms with van der Waals surface area (Å²) in [4.78, 5) is 4.43. The lowest BCUT2D eigenvalue weighted by Crippen LogP contribution is -2.55. The molecule has 170 valence electrons. The molecular formula is C24H20F3N3O3. The summed E-state index contributed by atoms with van der Waals surface area (Å²) in [5.74, 6) is 0.617. The van der Waals surface area contributed by atoms with E-state index in [0.717, 1.165) is 12.1 Å². The van der Waals surface area contributed by atoms with Crippen LogP contribution >= 0.6 is 0 Å². The summed E-state index contributed by atoms with van der Waals surface area (Å²) in [6, 6.07) is 15.9. The molecule has 0 N–H and O–H groups in total. The van der Waals surface area contributed by atoms with Crippen molar-refractivity contribution in [2.75, 3.05) is 0 Å². The Morgan fingerprint density at radius 1 is 0.970 bits per heavy atom. The molecule has 2 aromatic heterocycles. The number of alkyl halides is 3. The van der Waals surface area contributed by atoms with Gasteiger partial charge in [0.15, 0.2) is 17.5 Å². The van der Waals surface area contributed by atoms with E-state index in [0.29, 0.717) is 28.2 Å². The normalized spacial score (nSPS) is 20.3. The van der Waals surface area contributed by atoms with Crippen molar-refractivity contribution in [1.82, 2.24) is 14.6 Å². The van der Waals surface area contributed by atoms with E-state index in [1.54, 1.807) is 29.9 Å². The van der Waals surface area contributed by atoms with Crippen LogP contribution in [0.3, 0.4) is 0 Å². The number of rotatable bonds is 5. The number of para-hydroxylation sites is 1. The third kappa shape index (κ3) is 3.83. The number of fused-ring (bicyclic) bond motifs is 1. The van der Waals surface area contributed by atoms with Gasteiger partial charge in [0.1, 0.15) is 5.75 Å². The monoisotopic (exact) mass is 455 g/mol. The molecule has 0 bridgehead atoms. The Morgan fingerprint density at radius 2 is 1.67 bits per heavy atom. The highest BCUT2D eigenvalue weighted by Gasteiger charge is 2.49. The van der Waals surface area contributed by atoms with Crippen molar-refractivity contribution in [3.63, 3.8) is 0 Å². The summed E-state index contributed by atoms with van der Waals surface area (Å²) < 4.78 is 58.4. The molecule has 1 aliphatic rings. The minimum absolute atomic E-state index is 0.369. The second-order valence-corrected chi connectivity index (χ2v) is 7.89. The number of hydrogen-bond acceptors (Lipinski definition) is 5. The van der Waals surface area contributed by atoms with Crippen molar-refractivity contribution in [3.05, 3.63) is 84.3 Å². The molecular weight excluding hydrogens is 435 g/mol. The molecule has 1 unspecified atom stereocenters. The Bertz CT molecular complexity index is 1270. The Morgan fingerprint density at radius 3 is 2.30 bits per heavy atom. The van der Waals surface area contributed by atoms with Gasteiger partial charge in [-0.3, -0.25) is 0 Å². The second-order valence-electron chi connectivity index (χ2n) is 7.89. The third-order valence-electron chi connectivity index (χ3n) is 5.59. The topological polar surface area (TPSA) is 57.9 Å². The van der Waals surface area contributed by atoms with Gasteiger partial charge in [0, 0.05) is 11.8 Å².